The summed E-state index contributed by atoms with van der Waals surface area (Å²) in [6.07, 6.45) is 6.54. The van der Waals surface area contributed by atoms with Crippen molar-refractivity contribution in [3.8, 4) is 6.07 Å². The molecule has 1 saturated heterocycles. The third-order valence-corrected chi connectivity index (χ3v) is 8.97. The predicted octanol–water partition coefficient (Wildman–Crippen LogP) is 5.94. The zero-order valence-electron chi connectivity index (χ0n) is 20.3. The summed E-state index contributed by atoms with van der Waals surface area (Å²) in [5, 5.41) is 12.3. The number of carbonyl (C=O) groups is 1. The first-order valence-electron chi connectivity index (χ1n) is 12.7. The second kappa shape index (κ2) is 9.44. The van der Waals surface area contributed by atoms with Crippen LogP contribution < -0.4 is 5.32 Å². The molecular weight excluding hydrogens is 463 g/mol. The minimum absolute atomic E-state index is 0.00418. The Labute approximate surface area is 212 Å². The molecule has 5 rings (SSSR count). The number of amides is 2. The van der Waals surface area contributed by atoms with E-state index in [4.69, 9.17) is 11.6 Å². The van der Waals surface area contributed by atoms with Crippen molar-refractivity contribution in [1.82, 2.24) is 4.90 Å². The zero-order valence-corrected chi connectivity index (χ0v) is 21.0. The van der Waals surface area contributed by atoms with E-state index < -0.39 is 5.82 Å². The molecule has 5 nitrogen and oxygen atoms in total. The lowest BCUT2D eigenvalue weighted by molar-refractivity contribution is -0.897. The molecule has 0 bridgehead atoms. The molecule has 2 aromatic rings. The van der Waals surface area contributed by atoms with Gasteiger partial charge in [0.05, 0.1) is 49.9 Å². The molecule has 184 valence electrons. The van der Waals surface area contributed by atoms with E-state index in [9.17, 15) is 14.4 Å². The topological polar surface area (TPSA) is 56.1 Å². The minimum Gasteiger partial charge on any atom is -0.325 e. The van der Waals surface area contributed by atoms with Gasteiger partial charge in [-0.25, -0.2) is 9.18 Å². The fourth-order valence-corrected chi connectivity index (χ4v) is 6.62. The quantitative estimate of drug-likeness (QED) is 0.504. The summed E-state index contributed by atoms with van der Waals surface area (Å²) < 4.78 is 14.6. The number of hydrogen-bond donors (Lipinski definition) is 1. The van der Waals surface area contributed by atoms with Crippen molar-refractivity contribution in [1.29, 1.82) is 5.26 Å². The second-order valence-electron chi connectivity index (χ2n) is 10.9. The first kappa shape index (κ1) is 24.1. The maximum absolute atomic E-state index is 13.6. The van der Waals surface area contributed by atoms with E-state index in [1.807, 2.05) is 23.1 Å². The van der Waals surface area contributed by atoms with Crippen LogP contribution in [0.3, 0.4) is 0 Å². The summed E-state index contributed by atoms with van der Waals surface area (Å²) in [6.45, 7) is 3.96. The number of urea groups is 1. The Morgan fingerprint density at radius 3 is 2.80 bits per heavy atom. The van der Waals surface area contributed by atoms with Crippen LogP contribution in [-0.4, -0.2) is 54.7 Å². The first-order chi connectivity index (χ1) is 16.8. The largest absolute Gasteiger partial charge is 0.325 e. The van der Waals surface area contributed by atoms with Gasteiger partial charge in [0.15, 0.2) is 0 Å². The fourth-order valence-electron chi connectivity index (χ4n) is 6.44. The van der Waals surface area contributed by atoms with Crippen molar-refractivity contribution >= 4 is 23.3 Å². The Morgan fingerprint density at radius 2 is 2.09 bits per heavy atom. The lowest BCUT2D eigenvalue weighted by Gasteiger charge is -2.39. The van der Waals surface area contributed by atoms with Gasteiger partial charge in [-0.1, -0.05) is 23.7 Å². The predicted molar refractivity (Wildman–Crippen MR) is 136 cm³/mol. The molecule has 2 amide bonds. The second-order valence-corrected chi connectivity index (χ2v) is 11.3. The number of benzene rings is 2. The summed E-state index contributed by atoms with van der Waals surface area (Å²) in [5.74, 6) is 0.0353. The Bertz CT molecular complexity index is 1160. The first-order valence-corrected chi connectivity index (χ1v) is 13.1. The highest BCUT2D eigenvalue weighted by Crippen LogP contribution is 2.62. The maximum Gasteiger partial charge on any atom is 0.322 e. The summed E-state index contributed by atoms with van der Waals surface area (Å²) in [7, 11) is 2.29. The highest BCUT2D eigenvalue weighted by Gasteiger charge is 2.58. The van der Waals surface area contributed by atoms with Crippen molar-refractivity contribution < 1.29 is 13.7 Å². The SMILES string of the molecule is C[N+]1(CCN(C(=O)Nc2ccc(F)c(Cl)c2)C2CC[C@]3(c4cccc(C#N)c4)CC3C2)CCCC1. The molecule has 3 atom stereocenters. The van der Waals surface area contributed by atoms with E-state index in [1.54, 1.807) is 6.07 Å². The molecule has 3 aliphatic rings. The average molecular weight is 496 g/mol. The highest BCUT2D eigenvalue weighted by atomic mass is 35.5. The van der Waals surface area contributed by atoms with Gasteiger partial charge in [0.25, 0.3) is 0 Å². The van der Waals surface area contributed by atoms with Crippen LogP contribution in [0.25, 0.3) is 0 Å². The Hall–Kier alpha value is -2.62. The fraction of sp³-hybridized carbons (Fsp3) is 0.500. The van der Waals surface area contributed by atoms with Gasteiger partial charge in [0.2, 0.25) is 0 Å². The number of anilines is 1. The third kappa shape index (κ3) is 4.90. The number of rotatable bonds is 6. The maximum atomic E-state index is 13.6. The van der Waals surface area contributed by atoms with Crippen molar-refractivity contribution in [3.63, 3.8) is 0 Å². The molecule has 7 heteroatoms. The van der Waals surface area contributed by atoms with Gasteiger partial charge >= 0.3 is 6.03 Å². The standard InChI is InChI=1S/C28H32ClFN4O/c1-34(12-2-3-13-34)14-11-33(27(35)32-23-7-8-26(30)25(29)17-23)24-9-10-28(18-22(28)16-24)21-6-4-5-20(15-21)19-31/h4-8,15,17,22,24H,2-3,9-14,16,18H2,1H3/p+1/t22?,24?,28-/m1/s1. The molecule has 2 aliphatic carbocycles. The molecule has 35 heavy (non-hydrogen) atoms. The molecule has 3 fully saturated rings. The number of nitrogens with zero attached hydrogens (tertiary/aromatic N) is 3. The molecule has 2 aromatic carbocycles. The van der Waals surface area contributed by atoms with E-state index in [2.05, 4.69) is 24.5 Å². The monoisotopic (exact) mass is 495 g/mol. The molecule has 2 unspecified atom stereocenters. The van der Waals surface area contributed by atoms with Crippen LogP contribution in [0.2, 0.25) is 5.02 Å². The number of carbonyl (C=O) groups excluding carboxylic acids is 1. The van der Waals surface area contributed by atoms with Crippen LogP contribution in [0.5, 0.6) is 0 Å². The van der Waals surface area contributed by atoms with Crippen LogP contribution in [0.1, 0.15) is 49.7 Å². The number of likely N-dealkylation sites (N-methyl/N-ethyl adjacent to an activating group) is 1. The molecule has 0 spiro atoms. The number of halogens is 2. The summed E-state index contributed by atoms with van der Waals surface area (Å²) in [6, 6.07) is 14.6. The van der Waals surface area contributed by atoms with Crippen LogP contribution >= 0.6 is 11.6 Å². The van der Waals surface area contributed by atoms with E-state index in [1.165, 1.54) is 30.5 Å². The van der Waals surface area contributed by atoms with E-state index in [0.717, 1.165) is 49.8 Å². The number of fused-ring (bicyclic) bond motifs is 1. The number of likely N-dealkylation sites (tertiary alicyclic amines) is 1. The molecular formula is C28H33ClFN4O+. The molecule has 2 saturated carbocycles. The Kier molecular flexibility index (Phi) is 6.50. The van der Waals surface area contributed by atoms with Crippen molar-refractivity contribution in [2.75, 3.05) is 38.5 Å². The smallest absolute Gasteiger partial charge is 0.322 e. The number of nitriles is 1. The van der Waals surface area contributed by atoms with Gasteiger partial charge in [-0.2, -0.15) is 5.26 Å². The van der Waals surface area contributed by atoms with Crippen molar-refractivity contribution in [2.24, 2.45) is 5.92 Å². The summed E-state index contributed by atoms with van der Waals surface area (Å²) in [5.41, 5.74) is 2.65. The van der Waals surface area contributed by atoms with Gasteiger partial charge in [0, 0.05) is 24.6 Å². The van der Waals surface area contributed by atoms with Gasteiger partial charge in [-0.3, -0.25) is 0 Å². The number of hydrogen-bond acceptors (Lipinski definition) is 2. The average Bonchev–Trinajstić information content (AvgIpc) is 3.45. The van der Waals surface area contributed by atoms with Gasteiger partial charge < -0.3 is 14.7 Å². The number of nitrogens with one attached hydrogen (secondary N) is 1. The lowest BCUT2D eigenvalue weighted by Crippen LogP contribution is -2.52. The van der Waals surface area contributed by atoms with Crippen LogP contribution in [0.4, 0.5) is 14.9 Å². The van der Waals surface area contributed by atoms with Crippen LogP contribution in [0.15, 0.2) is 42.5 Å². The molecule has 1 N–H and O–H groups in total. The van der Waals surface area contributed by atoms with Crippen LogP contribution in [0, 0.1) is 23.1 Å². The van der Waals surface area contributed by atoms with Gasteiger partial charge in [-0.05, 0) is 72.9 Å². The molecule has 0 radical (unpaired) electrons. The highest BCUT2D eigenvalue weighted by molar-refractivity contribution is 6.31. The molecule has 0 aromatic heterocycles. The third-order valence-electron chi connectivity index (χ3n) is 8.68. The Balaban J connectivity index is 1.31. The van der Waals surface area contributed by atoms with E-state index >= 15 is 0 Å². The zero-order chi connectivity index (χ0) is 24.6. The summed E-state index contributed by atoms with van der Waals surface area (Å²) in [4.78, 5) is 15.5. The van der Waals surface area contributed by atoms with E-state index in [-0.39, 0.29) is 22.5 Å². The summed E-state index contributed by atoms with van der Waals surface area (Å²) >= 11 is 5.95. The molecule has 1 aliphatic heterocycles. The lowest BCUT2D eigenvalue weighted by atomic mass is 9.80. The van der Waals surface area contributed by atoms with Gasteiger partial charge in [-0.15, -0.1) is 0 Å². The minimum atomic E-state index is -0.495. The van der Waals surface area contributed by atoms with Crippen LogP contribution in [-0.2, 0) is 5.41 Å². The van der Waals surface area contributed by atoms with Crippen molar-refractivity contribution in [3.05, 3.63) is 64.4 Å². The Morgan fingerprint density at radius 1 is 1.29 bits per heavy atom. The van der Waals surface area contributed by atoms with Gasteiger partial charge in [0.1, 0.15) is 5.82 Å². The number of quaternary nitrogens is 1. The molecule has 1 heterocycles. The normalized spacial score (nSPS) is 26.5. The van der Waals surface area contributed by atoms with E-state index in [0.29, 0.717) is 23.7 Å². The van der Waals surface area contributed by atoms with Crippen molar-refractivity contribution in [2.45, 2.75) is 50.0 Å².